The number of benzene rings is 3. The molecule has 0 fully saturated rings. The Bertz CT molecular complexity index is 1350. The average Bonchev–Trinajstić information content (AvgIpc) is 2.83. The Labute approximate surface area is 228 Å². The molecule has 35 heavy (non-hydrogen) atoms. The molecule has 3 heterocycles. The van der Waals surface area contributed by atoms with E-state index in [1.807, 2.05) is 41.9 Å². The zero-order chi connectivity index (χ0) is 23.7. The van der Waals surface area contributed by atoms with Crippen molar-refractivity contribution in [1.29, 1.82) is 0 Å². The van der Waals surface area contributed by atoms with Gasteiger partial charge in [-0.3, -0.25) is 4.79 Å². The van der Waals surface area contributed by atoms with E-state index >= 15 is 0 Å². The number of carbonyl (C=O) groups excluding carboxylic acids is 1. The van der Waals surface area contributed by atoms with Crippen molar-refractivity contribution < 1.29 is 31.0 Å². The number of hydrogen-bond donors (Lipinski definition) is 1. The Balaban J connectivity index is 0.000000320. The number of nitrogens with zero attached hydrogens (tertiary/aromatic N) is 1. The minimum absolute atomic E-state index is 0. The summed E-state index contributed by atoms with van der Waals surface area (Å²) in [6.45, 7) is 3.14. The molecule has 176 valence electrons. The smallest absolute Gasteiger partial charge is 0.195 e. The number of aliphatic hydroxyl groups excluding tert-OH is 1. The van der Waals surface area contributed by atoms with E-state index in [0.717, 1.165) is 11.3 Å². The molecule has 2 aliphatic rings. The topological polar surface area (TPSA) is 50.2 Å². The van der Waals surface area contributed by atoms with Gasteiger partial charge in [-0.2, -0.15) is 0 Å². The van der Waals surface area contributed by atoms with Gasteiger partial charge in [0, 0.05) is 43.1 Å². The molecule has 0 amide bonds. The first kappa shape index (κ1) is 25.6. The fraction of sp³-hybridized carbons (Fsp3) is 0.0714. The second-order valence-corrected chi connectivity index (χ2v) is 10.3. The Morgan fingerprint density at radius 1 is 0.914 bits per heavy atom. The summed E-state index contributed by atoms with van der Waals surface area (Å²) in [7, 11) is 0. The average molecular weight is 674 g/mol. The number of allylic oxidation sites excluding steroid dienone is 2. The van der Waals surface area contributed by atoms with Crippen molar-refractivity contribution in [2.45, 2.75) is 33.4 Å². The summed E-state index contributed by atoms with van der Waals surface area (Å²) in [4.78, 5) is 19.8. The molecular formula is C28H21BNO2PtS2-. The SMILES string of the molecule is CC(=O)/C=C(/C)O.[Pt].[c-]1c(-c2ccccn2)cc2c3c1Sc1ccccc1B3c1ccccc1S2. The van der Waals surface area contributed by atoms with Gasteiger partial charge in [0.1, 0.15) is 0 Å². The molecule has 0 spiro atoms. The number of ketones is 1. The minimum atomic E-state index is -0.125. The first-order valence-electron chi connectivity index (χ1n) is 10.9. The van der Waals surface area contributed by atoms with Gasteiger partial charge in [0.15, 0.2) is 12.5 Å². The molecule has 4 aromatic rings. The maximum atomic E-state index is 10.0. The molecule has 1 aromatic heterocycles. The van der Waals surface area contributed by atoms with Crippen molar-refractivity contribution in [2.24, 2.45) is 0 Å². The Kier molecular flexibility index (Phi) is 8.06. The number of fused-ring (bicyclic) bond motifs is 4. The van der Waals surface area contributed by atoms with Crippen LogP contribution in [0.5, 0.6) is 0 Å². The van der Waals surface area contributed by atoms with E-state index in [1.165, 1.54) is 55.9 Å². The van der Waals surface area contributed by atoms with E-state index in [1.54, 1.807) is 0 Å². The molecular weight excluding hydrogens is 652 g/mol. The van der Waals surface area contributed by atoms with Crippen molar-refractivity contribution >= 4 is 52.4 Å². The number of pyridine rings is 1. The molecule has 0 bridgehead atoms. The number of carbonyl (C=O) groups is 1. The number of aliphatic hydroxyl groups is 1. The van der Waals surface area contributed by atoms with Crippen molar-refractivity contribution in [3.63, 3.8) is 0 Å². The Morgan fingerprint density at radius 3 is 2.11 bits per heavy atom. The van der Waals surface area contributed by atoms with Crippen LogP contribution in [-0.2, 0) is 25.9 Å². The third kappa shape index (κ3) is 5.35. The van der Waals surface area contributed by atoms with Crippen LogP contribution < -0.4 is 16.4 Å². The van der Waals surface area contributed by atoms with Gasteiger partial charge < -0.3 is 10.1 Å². The fourth-order valence-corrected chi connectivity index (χ4v) is 6.70. The summed E-state index contributed by atoms with van der Waals surface area (Å²) in [5, 5.41) is 8.36. The molecule has 0 atom stereocenters. The first-order valence-corrected chi connectivity index (χ1v) is 12.6. The van der Waals surface area contributed by atoms with E-state index in [9.17, 15) is 4.79 Å². The van der Waals surface area contributed by atoms with Crippen LogP contribution >= 0.6 is 23.5 Å². The number of aromatic nitrogens is 1. The second kappa shape index (κ2) is 11.0. The molecule has 3 nitrogen and oxygen atoms in total. The van der Waals surface area contributed by atoms with Crippen LogP contribution in [0, 0.1) is 6.07 Å². The molecule has 0 unspecified atom stereocenters. The maximum Gasteiger partial charge on any atom is 0.195 e. The molecule has 0 radical (unpaired) electrons. The van der Waals surface area contributed by atoms with Crippen molar-refractivity contribution in [3.05, 3.63) is 96.9 Å². The summed E-state index contributed by atoms with van der Waals surface area (Å²) in [6.07, 6.45) is 3.02. The van der Waals surface area contributed by atoms with Gasteiger partial charge in [0.25, 0.3) is 0 Å². The number of hydrogen-bond acceptors (Lipinski definition) is 5. The summed E-state index contributed by atoms with van der Waals surface area (Å²) in [6, 6.07) is 29.6. The van der Waals surface area contributed by atoms with E-state index in [-0.39, 0.29) is 32.6 Å². The molecule has 2 aliphatic heterocycles. The molecule has 3 aromatic carbocycles. The summed E-state index contributed by atoms with van der Waals surface area (Å²) in [5.74, 6) is -0.0625. The molecule has 7 heteroatoms. The third-order valence-electron chi connectivity index (χ3n) is 5.57. The van der Waals surface area contributed by atoms with Crippen LogP contribution in [0.4, 0.5) is 0 Å². The van der Waals surface area contributed by atoms with Crippen LogP contribution in [0.15, 0.2) is 110 Å². The fourth-order valence-electron chi connectivity index (χ4n) is 4.27. The van der Waals surface area contributed by atoms with Gasteiger partial charge in [0.05, 0.1) is 5.76 Å². The van der Waals surface area contributed by atoms with Crippen LogP contribution in [0.1, 0.15) is 13.8 Å². The first-order chi connectivity index (χ1) is 16.5. The molecule has 0 aliphatic carbocycles. The molecule has 6 rings (SSSR count). The van der Waals surface area contributed by atoms with Gasteiger partial charge in [-0.1, -0.05) is 69.2 Å². The number of rotatable bonds is 2. The van der Waals surface area contributed by atoms with Crippen molar-refractivity contribution in [2.75, 3.05) is 0 Å². The van der Waals surface area contributed by atoms with Crippen LogP contribution in [0.25, 0.3) is 11.3 Å². The summed E-state index contributed by atoms with van der Waals surface area (Å²) < 4.78 is 0. The van der Waals surface area contributed by atoms with Gasteiger partial charge in [-0.15, -0.1) is 46.7 Å². The Hall–Kier alpha value is -2.53. The van der Waals surface area contributed by atoms with Crippen LogP contribution in [0.3, 0.4) is 0 Å². The molecule has 0 saturated carbocycles. The molecule has 1 N–H and O–H groups in total. The zero-order valence-corrected chi connectivity index (χ0v) is 23.0. The summed E-state index contributed by atoms with van der Waals surface area (Å²) in [5.41, 5.74) is 6.27. The predicted octanol–water partition coefficient (Wildman–Crippen LogP) is 5.03. The van der Waals surface area contributed by atoms with Crippen molar-refractivity contribution in [3.8, 4) is 11.3 Å². The maximum absolute atomic E-state index is 10.0. The standard InChI is InChI=1S/C23H13BNS2.C5H8O2.Pt/c1-3-10-19-16(7-1)24-17-8-2-4-11-20(17)27-22-14-15(13-21(26-19)23(22)24)18-9-5-6-12-25-18;1-4(6)3-5(2)7;/h1-13H;3,6H,1-2H3;/q-1;;/b;4-3-;. The monoisotopic (exact) mass is 673 g/mol. The van der Waals surface area contributed by atoms with E-state index < -0.39 is 0 Å². The van der Waals surface area contributed by atoms with Gasteiger partial charge in [-0.25, -0.2) is 0 Å². The van der Waals surface area contributed by atoms with Gasteiger partial charge in [-0.05, 0) is 37.7 Å². The van der Waals surface area contributed by atoms with Crippen LogP contribution in [-0.4, -0.2) is 22.6 Å². The quantitative estimate of drug-likeness (QED) is 0.121. The normalized spacial score (nSPS) is 12.7. The van der Waals surface area contributed by atoms with E-state index in [0.29, 0.717) is 6.71 Å². The largest absolute Gasteiger partial charge is 0.512 e. The predicted molar refractivity (Wildman–Crippen MR) is 141 cm³/mol. The van der Waals surface area contributed by atoms with E-state index in [2.05, 4.69) is 71.7 Å². The zero-order valence-electron chi connectivity index (χ0n) is 19.1. The molecule has 0 saturated heterocycles. The third-order valence-corrected chi connectivity index (χ3v) is 7.83. The van der Waals surface area contributed by atoms with Gasteiger partial charge in [0.2, 0.25) is 0 Å². The second-order valence-electron chi connectivity index (χ2n) is 8.11. The Morgan fingerprint density at radius 2 is 1.54 bits per heavy atom. The van der Waals surface area contributed by atoms with E-state index in [4.69, 9.17) is 5.11 Å². The van der Waals surface area contributed by atoms with Crippen molar-refractivity contribution in [1.82, 2.24) is 4.98 Å². The van der Waals surface area contributed by atoms with Gasteiger partial charge >= 0.3 is 0 Å². The minimum Gasteiger partial charge on any atom is -0.512 e. The summed E-state index contributed by atoms with van der Waals surface area (Å²) >= 11 is 3.71. The van der Waals surface area contributed by atoms with Crippen LogP contribution in [0.2, 0.25) is 0 Å².